The van der Waals surface area contributed by atoms with Gasteiger partial charge in [0, 0.05) is 18.8 Å². The highest BCUT2D eigenvalue weighted by Crippen LogP contribution is 2.16. The van der Waals surface area contributed by atoms with Crippen LogP contribution in [0.3, 0.4) is 0 Å². The van der Waals surface area contributed by atoms with Crippen molar-refractivity contribution in [3.8, 4) is 6.07 Å². The summed E-state index contributed by atoms with van der Waals surface area (Å²) in [7, 11) is 0. The van der Waals surface area contributed by atoms with Crippen molar-refractivity contribution in [2.75, 3.05) is 31.5 Å². The lowest BCUT2D eigenvalue weighted by atomic mass is 10.1. The third-order valence-electron chi connectivity index (χ3n) is 3.33. The minimum Gasteiger partial charge on any atom is -0.354 e. The highest BCUT2D eigenvalue weighted by Gasteiger charge is 2.20. The minimum atomic E-state index is 0.423. The molecule has 0 spiro atoms. The van der Waals surface area contributed by atoms with Gasteiger partial charge in [0.25, 0.3) is 0 Å². The summed E-state index contributed by atoms with van der Waals surface area (Å²) in [5, 5.41) is 12.1. The molecule has 1 aliphatic heterocycles. The Morgan fingerprint density at radius 3 is 3.06 bits per heavy atom. The van der Waals surface area contributed by atoms with Crippen LogP contribution in [0, 0.1) is 24.2 Å². The summed E-state index contributed by atoms with van der Waals surface area (Å²) < 4.78 is 0. The summed E-state index contributed by atoms with van der Waals surface area (Å²) in [5.74, 6) is 1.22. The van der Waals surface area contributed by atoms with Crippen molar-refractivity contribution in [3.05, 3.63) is 17.5 Å². The van der Waals surface area contributed by atoms with Crippen LogP contribution in [-0.2, 0) is 0 Å². The van der Waals surface area contributed by atoms with Gasteiger partial charge in [-0.05, 0) is 38.4 Å². The van der Waals surface area contributed by atoms with E-state index in [1.165, 1.54) is 13.0 Å². The average molecular weight is 245 g/mol. The van der Waals surface area contributed by atoms with Gasteiger partial charge in [-0.1, -0.05) is 6.92 Å². The second-order valence-electron chi connectivity index (χ2n) is 4.76. The Hall–Kier alpha value is -1.67. The Balaban J connectivity index is 1.91. The van der Waals surface area contributed by atoms with E-state index in [4.69, 9.17) is 5.26 Å². The van der Waals surface area contributed by atoms with E-state index in [1.807, 2.05) is 6.92 Å². The van der Waals surface area contributed by atoms with Gasteiger partial charge in [0.05, 0.1) is 0 Å². The molecule has 1 atom stereocenters. The Labute approximate surface area is 108 Å². The summed E-state index contributed by atoms with van der Waals surface area (Å²) in [6.45, 7) is 8.39. The van der Waals surface area contributed by atoms with Crippen LogP contribution in [0.2, 0.25) is 0 Å². The second-order valence-corrected chi connectivity index (χ2v) is 4.76. The fraction of sp³-hybridized carbons (Fsp3) is 0.615. The molecule has 1 aromatic rings. The molecule has 1 fully saturated rings. The predicted molar refractivity (Wildman–Crippen MR) is 70.2 cm³/mol. The zero-order chi connectivity index (χ0) is 13.0. The van der Waals surface area contributed by atoms with Crippen molar-refractivity contribution in [2.45, 2.75) is 20.3 Å². The van der Waals surface area contributed by atoms with Gasteiger partial charge in [-0.3, -0.25) is 0 Å². The van der Waals surface area contributed by atoms with Crippen LogP contribution >= 0.6 is 0 Å². The monoisotopic (exact) mass is 245 g/mol. The number of nitriles is 1. The first-order valence-corrected chi connectivity index (χ1v) is 6.43. The third-order valence-corrected chi connectivity index (χ3v) is 3.33. The molecule has 0 radical (unpaired) electrons. The lowest BCUT2D eigenvalue weighted by Crippen LogP contribution is -2.23. The Morgan fingerprint density at radius 2 is 2.39 bits per heavy atom. The van der Waals surface area contributed by atoms with E-state index in [1.54, 1.807) is 6.07 Å². The number of nitrogens with one attached hydrogen (secondary N) is 1. The quantitative estimate of drug-likeness (QED) is 0.869. The number of rotatable bonds is 4. The van der Waals surface area contributed by atoms with Gasteiger partial charge in [0.2, 0.25) is 5.95 Å². The normalized spacial score (nSPS) is 19.7. The maximum absolute atomic E-state index is 8.86. The molecule has 0 bridgehead atoms. The lowest BCUT2D eigenvalue weighted by molar-refractivity contribution is 0.345. The molecule has 1 aliphatic rings. The fourth-order valence-corrected chi connectivity index (χ4v) is 2.31. The molecule has 2 heterocycles. The average Bonchev–Trinajstić information content (AvgIpc) is 2.83. The number of anilines is 1. The lowest BCUT2D eigenvalue weighted by Gasteiger charge is -2.13. The zero-order valence-corrected chi connectivity index (χ0v) is 11.0. The third kappa shape index (κ3) is 3.17. The topological polar surface area (TPSA) is 64.8 Å². The summed E-state index contributed by atoms with van der Waals surface area (Å²) in [6.07, 6.45) is 1.22. The second kappa shape index (κ2) is 5.78. The summed E-state index contributed by atoms with van der Waals surface area (Å²) in [5.41, 5.74) is 1.25. The molecule has 5 nitrogen and oxygen atoms in total. The Kier molecular flexibility index (Phi) is 4.11. The van der Waals surface area contributed by atoms with Crippen LogP contribution in [0.4, 0.5) is 5.95 Å². The summed E-state index contributed by atoms with van der Waals surface area (Å²) >= 11 is 0. The molecule has 0 saturated carbocycles. The maximum Gasteiger partial charge on any atom is 0.224 e. The number of nitrogens with zero attached hydrogens (tertiary/aromatic N) is 4. The van der Waals surface area contributed by atoms with Crippen LogP contribution < -0.4 is 5.32 Å². The van der Waals surface area contributed by atoms with Crippen molar-refractivity contribution < 1.29 is 0 Å². The first kappa shape index (κ1) is 12.8. The molecular formula is C13H19N5. The maximum atomic E-state index is 8.86. The molecule has 18 heavy (non-hydrogen) atoms. The van der Waals surface area contributed by atoms with Crippen molar-refractivity contribution in [2.24, 2.45) is 5.92 Å². The molecule has 1 aromatic heterocycles. The van der Waals surface area contributed by atoms with Gasteiger partial charge in [-0.2, -0.15) is 5.26 Å². The van der Waals surface area contributed by atoms with Gasteiger partial charge < -0.3 is 10.2 Å². The van der Waals surface area contributed by atoms with E-state index in [2.05, 4.69) is 33.2 Å². The van der Waals surface area contributed by atoms with E-state index < -0.39 is 0 Å². The largest absolute Gasteiger partial charge is 0.354 e. The van der Waals surface area contributed by atoms with Crippen molar-refractivity contribution in [3.63, 3.8) is 0 Å². The highest BCUT2D eigenvalue weighted by molar-refractivity contribution is 5.32. The van der Waals surface area contributed by atoms with Gasteiger partial charge in [-0.25, -0.2) is 9.97 Å². The highest BCUT2D eigenvalue weighted by atomic mass is 15.2. The molecule has 1 N–H and O–H groups in total. The Bertz CT molecular complexity index is 451. The molecular weight excluding hydrogens is 226 g/mol. The molecule has 96 valence electrons. The van der Waals surface area contributed by atoms with E-state index in [0.29, 0.717) is 17.6 Å². The van der Waals surface area contributed by atoms with E-state index in [-0.39, 0.29) is 0 Å². The number of hydrogen-bond donors (Lipinski definition) is 1. The molecule has 5 heteroatoms. The SMILES string of the molecule is CCN1CCC(CNc2nc(C)cc(C#N)n2)C1. The number of aromatic nitrogens is 2. The van der Waals surface area contributed by atoms with Crippen molar-refractivity contribution >= 4 is 5.95 Å². The predicted octanol–water partition coefficient (Wildman–Crippen LogP) is 1.41. The molecule has 1 unspecified atom stereocenters. The Morgan fingerprint density at radius 1 is 1.56 bits per heavy atom. The van der Waals surface area contributed by atoms with Crippen LogP contribution in [0.5, 0.6) is 0 Å². The summed E-state index contributed by atoms with van der Waals surface area (Å²) in [4.78, 5) is 10.9. The first-order valence-electron chi connectivity index (χ1n) is 6.43. The molecule has 0 aliphatic carbocycles. The molecule has 0 amide bonds. The van der Waals surface area contributed by atoms with Gasteiger partial charge in [0.1, 0.15) is 11.8 Å². The summed E-state index contributed by atoms with van der Waals surface area (Å²) in [6, 6.07) is 3.75. The van der Waals surface area contributed by atoms with Gasteiger partial charge in [-0.15, -0.1) is 0 Å². The molecule has 0 aromatic carbocycles. The van der Waals surface area contributed by atoms with Gasteiger partial charge in [0.15, 0.2) is 0 Å². The van der Waals surface area contributed by atoms with Crippen LogP contribution in [0.25, 0.3) is 0 Å². The van der Waals surface area contributed by atoms with Crippen LogP contribution in [0.15, 0.2) is 6.07 Å². The van der Waals surface area contributed by atoms with Gasteiger partial charge >= 0.3 is 0 Å². The van der Waals surface area contributed by atoms with Crippen LogP contribution in [-0.4, -0.2) is 41.0 Å². The number of likely N-dealkylation sites (tertiary alicyclic amines) is 1. The molecule has 2 rings (SSSR count). The van der Waals surface area contributed by atoms with Crippen LogP contribution in [0.1, 0.15) is 24.7 Å². The fourth-order valence-electron chi connectivity index (χ4n) is 2.31. The van der Waals surface area contributed by atoms with Crippen molar-refractivity contribution in [1.29, 1.82) is 5.26 Å². The standard InChI is InChI=1S/C13H19N5/c1-3-18-5-4-11(9-18)8-15-13-16-10(2)6-12(7-14)17-13/h6,11H,3-5,8-9H2,1-2H3,(H,15,16,17). The van der Waals surface area contributed by atoms with E-state index in [0.717, 1.165) is 25.3 Å². The molecule has 1 saturated heterocycles. The first-order chi connectivity index (χ1) is 8.71. The smallest absolute Gasteiger partial charge is 0.224 e. The number of aryl methyl sites for hydroxylation is 1. The minimum absolute atomic E-state index is 0.423. The van der Waals surface area contributed by atoms with Crippen molar-refractivity contribution in [1.82, 2.24) is 14.9 Å². The van der Waals surface area contributed by atoms with E-state index in [9.17, 15) is 0 Å². The number of hydrogen-bond acceptors (Lipinski definition) is 5. The zero-order valence-electron chi connectivity index (χ0n) is 11.0. The van der Waals surface area contributed by atoms with E-state index >= 15 is 0 Å².